The van der Waals surface area contributed by atoms with Crippen LogP contribution in [0.4, 0.5) is 5.69 Å². The number of rotatable bonds is 4. The van der Waals surface area contributed by atoms with Gasteiger partial charge in [-0.2, -0.15) is 0 Å². The maximum absolute atomic E-state index is 10.9. The Morgan fingerprint density at radius 1 is 1.67 bits per heavy atom. The van der Waals surface area contributed by atoms with E-state index in [0.717, 1.165) is 6.54 Å². The van der Waals surface area contributed by atoms with Gasteiger partial charge in [-0.1, -0.05) is 6.92 Å². The van der Waals surface area contributed by atoms with E-state index in [0.29, 0.717) is 11.1 Å². The maximum Gasteiger partial charge on any atom is 0.339 e. The van der Waals surface area contributed by atoms with Crippen molar-refractivity contribution < 1.29 is 9.90 Å². The van der Waals surface area contributed by atoms with Crippen molar-refractivity contribution >= 4 is 11.7 Å². The smallest absolute Gasteiger partial charge is 0.339 e. The lowest BCUT2D eigenvalue weighted by atomic mass is 10.1. The first-order valence-electron chi connectivity index (χ1n) is 5.02. The minimum Gasteiger partial charge on any atom is -0.478 e. The number of hydrogen-bond acceptors (Lipinski definition) is 3. The van der Waals surface area contributed by atoms with Crippen LogP contribution in [0.25, 0.3) is 0 Å². The van der Waals surface area contributed by atoms with Crippen LogP contribution in [-0.4, -0.2) is 22.6 Å². The molecule has 2 N–H and O–H groups in total. The molecule has 0 atom stereocenters. The molecule has 1 aromatic heterocycles. The molecule has 1 saturated carbocycles. The Morgan fingerprint density at radius 3 is 3.00 bits per heavy atom. The highest BCUT2D eigenvalue weighted by atomic mass is 16.4. The van der Waals surface area contributed by atoms with Crippen molar-refractivity contribution in [2.75, 3.05) is 11.9 Å². The van der Waals surface area contributed by atoms with Crippen LogP contribution in [-0.2, 0) is 0 Å². The Labute approximate surface area is 88.3 Å². The highest BCUT2D eigenvalue weighted by molar-refractivity contribution is 5.93. The van der Waals surface area contributed by atoms with E-state index in [1.54, 1.807) is 12.3 Å². The summed E-state index contributed by atoms with van der Waals surface area (Å²) in [5, 5.41) is 12.1. The van der Waals surface area contributed by atoms with Crippen LogP contribution in [0.15, 0.2) is 18.5 Å². The summed E-state index contributed by atoms with van der Waals surface area (Å²) < 4.78 is 0. The Kier molecular flexibility index (Phi) is 2.34. The van der Waals surface area contributed by atoms with E-state index in [1.807, 2.05) is 0 Å². The third-order valence-corrected chi connectivity index (χ3v) is 2.86. The second kappa shape index (κ2) is 3.53. The maximum atomic E-state index is 10.9. The number of nitrogens with zero attached hydrogens (tertiary/aromatic N) is 1. The second-order valence-corrected chi connectivity index (χ2v) is 4.39. The van der Waals surface area contributed by atoms with Gasteiger partial charge in [-0.15, -0.1) is 0 Å². The minimum absolute atomic E-state index is 0.238. The molecule has 2 rings (SSSR count). The summed E-state index contributed by atoms with van der Waals surface area (Å²) in [6.07, 6.45) is 5.41. The quantitative estimate of drug-likeness (QED) is 0.790. The molecular formula is C11H14N2O2. The normalized spacial score (nSPS) is 17.1. The SMILES string of the molecule is CC1(CNc2ccncc2C(=O)O)CC1. The van der Waals surface area contributed by atoms with Gasteiger partial charge in [0, 0.05) is 18.9 Å². The van der Waals surface area contributed by atoms with Crippen LogP contribution < -0.4 is 5.32 Å². The summed E-state index contributed by atoms with van der Waals surface area (Å²) in [6.45, 7) is 3.03. The van der Waals surface area contributed by atoms with Crippen LogP contribution in [0.1, 0.15) is 30.1 Å². The summed E-state index contributed by atoms with van der Waals surface area (Å²) >= 11 is 0. The van der Waals surface area contributed by atoms with Gasteiger partial charge in [0.2, 0.25) is 0 Å². The molecule has 4 nitrogen and oxygen atoms in total. The van der Waals surface area contributed by atoms with Gasteiger partial charge in [0.25, 0.3) is 0 Å². The summed E-state index contributed by atoms with van der Waals surface area (Å²) in [7, 11) is 0. The zero-order chi connectivity index (χ0) is 10.9. The summed E-state index contributed by atoms with van der Waals surface area (Å²) in [5.41, 5.74) is 1.26. The number of aromatic carboxylic acids is 1. The number of carbonyl (C=O) groups is 1. The molecule has 0 aliphatic heterocycles. The zero-order valence-electron chi connectivity index (χ0n) is 8.66. The van der Waals surface area contributed by atoms with Crippen LogP contribution in [0, 0.1) is 5.41 Å². The highest BCUT2D eigenvalue weighted by Gasteiger charge is 2.36. The van der Waals surface area contributed by atoms with Crippen LogP contribution in [0.3, 0.4) is 0 Å². The monoisotopic (exact) mass is 206 g/mol. The van der Waals surface area contributed by atoms with E-state index >= 15 is 0 Å². The zero-order valence-corrected chi connectivity index (χ0v) is 8.66. The number of carboxylic acids is 1. The average molecular weight is 206 g/mol. The average Bonchev–Trinajstić information content (AvgIpc) is 2.95. The molecule has 0 spiro atoms. The topological polar surface area (TPSA) is 62.2 Å². The molecular weight excluding hydrogens is 192 g/mol. The fourth-order valence-electron chi connectivity index (χ4n) is 1.42. The Balaban J connectivity index is 2.09. The summed E-state index contributed by atoms with van der Waals surface area (Å²) in [6, 6.07) is 1.70. The molecule has 0 amide bonds. The van der Waals surface area contributed by atoms with E-state index in [2.05, 4.69) is 17.2 Å². The first-order valence-corrected chi connectivity index (χ1v) is 5.02. The summed E-state index contributed by atoms with van der Waals surface area (Å²) in [4.78, 5) is 14.7. The first kappa shape index (κ1) is 9.96. The van der Waals surface area contributed by atoms with Gasteiger partial charge in [0.05, 0.1) is 5.69 Å². The van der Waals surface area contributed by atoms with E-state index in [9.17, 15) is 4.79 Å². The predicted octanol–water partition coefficient (Wildman–Crippen LogP) is 1.99. The Morgan fingerprint density at radius 2 is 2.40 bits per heavy atom. The molecule has 0 unspecified atom stereocenters. The van der Waals surface area contributed by atoms with Crippen molar-refractivity contribution in [3.63, 3.8) is 0 Å². The number of nitrogens with one attached hydrogen (secondary N) is 1. The second-order valence-electron chi connectivity index (χ2n) is 4.39. The van der Waals surface area contributed by atoms with Gasteiger partial charge in [0.15, 0.2) is 0 Å². The van der Waals surface area contributed by atoms with Gasteiger partial charge in [-0.3, -0.25) is 4.98 Å². The molecule has 0 radical (unpaired) electrons. The molecule has 15 heavy (non-hydrogen) atoms. The highest BCUT2D eigenvalue weighted by Crippen LogP contribution is 2.44. The fraction of sp³-hybridized carbons (Fsp3) is 0.455. The predicted molar refractivity (Wildman–Crippen MR) is 57.0 cm³/mol. The Bertz CT molecular complexity index is 386. The van der Waals surface area contributed by atoms with Gasteiger partial charge in [-0.05, 0) is 24.3 Å². The van der Waals surface area contributed by atoms with E-state index in [4.69, 9.17) is 5.11 Å². The van der Waals surface area contributed by atoms with Crippen molar-refractivity contribution in [1.29, 1.82) is 0 Å². The van der Waals surface area contributed by atoms with E-state index in [1.165, 1.54) is 19.0 Å². The Hall–Kier alpha value is -1.58. The van der Waals surface area contributed by atoms with Crippen molar-refractivity contribution in [2.24, 2.45) is 5.41 Å². The lowest BCUT2D eigenvalue weighted by Crippen LogP contribution is -2.14. The molecule has 0 bridgehead atoms. The van der Waals surface area contributed by atoms with E-state index < -0.39 is 5.97 Å². The van der Waals surface area contributed by atoms with Crippen molar-refractivity contribution in [3.05, 3.63) is 24.0 Å². The van der Waals surface area contributed by atoms with Crippen LogP contribution in [0.2, 0.25) is 0 Å². The molecule has 4 heteroatoms. The summed E-state index contributed by atoms with van der Waals surface area (Å²) in [5.74, 6) is -0.938. The first-order chi connectivity index (χ1) is 7.11. The lowest BCUT2D eigenvalue weighted by molar-refractivity contribution is 0.0697. The minimum atomic E-state index is -0.938. The lowest BCUT2D eigenvalue weighted by Gasteiger charge is -2.12. The molecule has 1 aliphatic rings. The molecule has 0 aromatic carbocycles. The van der Waals surface area contributed by atoms with Gasteiger partial charge < -0.3 is 10.4 Å². The molecule has 1 aliphatic carbocycles. The van der Waals surface area contributed by atoms with Gasteiger partial charge >= 0.3 is 5.97 Å². The van der Waals surface area contributed by atoms with Crippen molar-refractivity contribution in [2.45, 2.75) is 19.8 Å². The van der Waals surface area contributed by atoms with Crippen molar-refractivity contribution in [1.82, 2.24) is 4.98 Å². The standard InChI is InChI=1S/C11H14N2O2/c1-11(3-4-11)7-13-9-2-5-12-6-8(9)10(14)15/h2,5-6H,3-4,7H2,1H3,(H,12,13)(H,14,15). The van der Waals surface area contributed by atoms with Crippen molar-refractivity contribution in [3.8, 4) is 0 Å². The molecule has 0 saturated heterocycles. The molecule has 1 fully saturated rings. The largest absolute Gasteiger partial charge is 0.478 e. The molecule has 80 valence electrons. The third kappa shape index (κ3) is 2.26. The molecule has 1 heterocycles. The van der Waals surface area contributed by atoms with Crippen LogP contribution in [0.5, 0.6) is 0 Å². The number of aromatic nitrogens is 1. The van der Waals surface area contributed by atoms with Gasteiger partial charge in [-0.25, -0.2) is 4.79 Å². The van der Waals surface area contributed by atoms with E-state index in [-0.39, 0.29) is 5.56 Å². The van der Waals surface area contributed by atoms with Crippen LogP contribution >= 0.6 is 0 Å². The number of pyridine rings is 1. The molecule has 1 aromatic rings. The number of carboxylic acid groups (broad SMARTS) is 1. The van der Waals surface area contributed by atoms with Gasteiger partial charge in [0.1, 0.15) is 5.56 Å². The fourth-order valence-corrected chi connectivity index (χ4v) is 1.42. The number of hydrogen-bond donors (Lipinski definition) is 2. The number of anilines is 1. The third-order valence-electron chi connectivity index (χ3n) is 2.86.